The summed E-state index contributed by atoms with van der Waals surface area (Å²) in [6, 6.07) is 16.7. The van der Waals surface area contributed by atoms with Gasteiger partial charge in [-0.15, -0.1) is 0 Å². The van der Waals surface area contributed by atoms with Crippen molar-refractivity contribution < 1.29 is 14.3 Å². The number of methoxy groups -OCH3 is 1. The highest BCUT2D eigenvalue weighted by Gasteiger charge is 2.36. The van der Waals surface area contributed by atoms with Crippen molar-refractivity contribution in [3.63, 3.8) is 0 Å². The van der Waals surface area contributed by atoms with E-state index in [9.17, 15) is 9.59 Å². The Morgan fingerprint density at radius 1 is 1.00 bits per heavy atom. The molecule has 0 aliphatic rings. The van der Waals surface area contributed by atoms with Crippen molar-refractivity contribution in [3.8, 4) is 5.75 Å². The molecule has 3 aromatic rings. The zero-order chi connectivity index (χ0) is 20.1. The first kappa shape index (κ1) is 19.4. The number of hydrogen-bond donors (Lipinski definition) is 2. The van der Waals surface area contributed by atoms with Gasteiger partial charge in [-0.2, -0.15) is 0 Å². The molecule has 2 amide bonds. The molecule has 0 unspecified atom stereocenters. The number of para-hydroxylation sites is 1. The summed E-state index contributed by atoms with van der Waals surface area (Å²) in [6.45, 7) is 3.53. The zero-order valence-corrected chi connectivity index (χ0v) is 16.2. The predicted octanol–water partition coefficient (Wildman–Crippen LogP) is 3.52. The van der Waals surface area contributed by atoms with Crippen molar-refractivity contribution in [2.45, 2.75) is 20.4 Å². The number of nitrogens with one attached hydrogen (secondary N) is 2. The average molecular weight is 377 g/mol. The molecule has 2 aromatic carbocycles. The highest BCUT2D eigenvalue weighted by atomic mass is 16.5. The van der Waals surface area contributed by atoms with Gasteiger partial charge < -0.3 is 15.4 Å². The molecule has 3 rings (SSSR count). The fraction of sp³-hybridized carbons (Fsp3) is 0.227. The predicted molar refractivity (Wildman–Crippen MR) is 109 cm³/mol. The van der Waals surface area contributed by atoms with E-state index in [1.807, 2.05) is 48.5 Å². The molecule has 28 heavy (non-hydrogen) atoms. The van der Waals surface area contributed by atoms with E-state index < -0.39 is 11.3 Å². The largest absolute Gasteiger partial charge is 0.497 e. The molecule has 0 radical (unpaired) electrons. The van der Waals surface area contributed by atoms with Crippen LogP contribution in [0.2, 0.25) is 0 Å². The maximum absolute atomic E-state index is 12.8. The van der Waals surface area contributed by atoms with Crippen LogP contribution in [-0.2, 0) is 16.1 Å². The average Bonchev–Trinajstić information content (AvgIpc) is 2.72. The first-order chi connectivity index (χ1) is 13.4. The van der Waals surface area contributed by atoms with Crippen LogP contribution in [0.1, 0.15) is 19.4 Å². The Hall–Kier alpha value is -3.41. The monoisotopic (exact) mass is 377 g/mol. The molecule has 1 heterocycles. The molecule has 6 heteroatoms. The van der Waals surface area contributed by atoms with Crippen molar-refractivity contribution in [1.29, 1.82) is 0 Å². The third-order valence-electron chi connectivity index (χ3n) is 4.63. The summed E-state index contributed by atoms with van der Waals surface area (Å²) < 4.78 is 5.12. The van der Waals surface area contributed by atoms with Crippen molar-refractivity contribution in [3.05, 3.63) is 66.4 Å². The van der Waals surface area contributed by atoms with Crippen LogP contribution < -0.4 is 15.4 Å². The molecule has 0 spiro atoms. The Balaban J connectivity index is 1.68. The minimum absolute atomic E-state index is 0.329. The zero-order valence-electron chi connectivity index (χ0n) is 16.2. The second kappa shape index (κ2) is 8.08. The lowest BCUT2D eigenvalue weighted by atomic mass is 9.90. The van der Waals surface area contributed by atoms with Gasteiger partial charge in [-0.1, -0.05) is 30.3 Å². The maximum atomic E-state index is 12.8. The van der Waals surface area contributed by atoms with Crippen LogP contribution in [0.3, 0.4) is 0 Å². The summed E-state index contributed by atoms with van der Waals surface area (Å²) in [6.07, 6.45) is 1.67. The fourth-order valence-electron chi connectivity index (χ4n) is 2.73. The number of benzene rings is 2. The number of aromatic nitrogens is 1. The Bertz CT molecular complexity index is 992. The molecule has 0 fully saturated rings. The summed E-state index contributed by atoms with van der Waals surface area (Å²) >= 11 is 0. The van der Waals surface area contributed by atoms with Gasteiger partial charge in [-0.05, 0) is 43.7 Å². The number of hydrogen-bond acceptors (Lipinski definition) is 4. The van der Waals surface area contributed by atoms with Crippen molar-refractivity contribution in [1.82, 2.24) is 10.3 Å². The summed E-state index contributed by atoms with van der Waals surface area (Å²) in [5.74, 6) is 0.00498. The van der Waals surface area contributed by atoms with E-state index in [1.54, 1.807) is 33.2 Å². The van der Waals surface area contributed by atoms with Crippen molar-refractivity contribution in [2.24, 2.45) is 5.41 Å². The lowest BCUT2D eigenvalue weighted by Crippen LogP contribution is -2.44. The van der Waals surface area contributed by atoms with Gasteiger partial charge in [0.05, 0.1) is 18.3 Å². The minimum atomic E-state index is -1.25. The highest BCUT2D eigenvalue weighted by Crippen LogP contribution is 2.24. The van der Waals surface area contributed by atoms with E-state index in [4.69, 9.17) is 4.74 Å². The van der Waals surface area contributed by atoms with Gasteiger partial charge in [-0.3, -0.25) is 14.6 Å². The summed E-state index contributed by atoms with van der Waals surface area (Å²) in [4.78, 5) is 29.8. The summed E-state index contributed by atoms with van der Waals surface area (Å²) in [7, 11) is 1.60. The van der Waals surface area contributed by atoms with Gasteiger partial charge in [0, 0.05) is 18.1 Å². The van der Waals surface area contributed by atoms with Crippen molar-refractivity contribution in [2.75, 3.05) is 12.4 Å². The van der Waals surface area contributed by atoms with Gasteiger partial charge in [-0.25, -0.2) is 0 Å². The topological polar surface area (TPSA) is 80.3 Å². The molecule has 0 saturated carbocycles. The molecule has 2 N–H and O–H groups in total. The summed E-state index contributed by atoms with van der Waals surface area (Å²) in [5.41, 5.74) is 0.944. The Morgan fingerprint density at radius 2 is 1.71 bits per heavy atom. The number of carbonyl (C=O) groups excluding carboxylic acids is 2. The van der Waals surface area contributed by atoms with Crippen LogP contribution in [0, 0.1) is 5.41 Å². The molecule has 0 saturated heterocycles. The lowest BCUT2D eigenvalue weighted by Gasteiger charge is -2.23. The Morgan fingerprint density at radius 3 is 2.43 bits per heavy atom. The SMILES string of the molecule is COc1ccc(CNC(=O)C(C)(C)C(=O)Nc2cccc3cccnc23)cc1. The van der Waals surface area contributed by atoms with Gasteiger partial charge >= 0.3 is 0 Å². The standard InChI is InChI=1S/C22H23N3O3/c1-22(2,20(26)24-14-15-9-11-17(28-3)12-10-15)21(27)25-18-8-4-6-16-7-5-13-23-19(16)18/h4-13H,14H2,1-3H3,(H,24,26)(H,25,27). The number of pyridine rings is 1. The number of ether oxygens (including phenoxy) is 1. The second-order valence-corrected chi connectivity index (χ2v) is 6.99. The van der Waals surface area contributed by atoms with Crippen LogP contribution in [0.15, 0.2) is 60.8 Å². The Labute approximate surface area is 163 Å². The molecule has 1 aromatic heterocycles. The Kier molecular flexibility index (Phi) is 5.59. The van der Waals surface area contributed by atoms with E-state index in [0.29, 0.717) is 17.7 Å². The third kappa shape index (κ3) is 4.11. The molecule has 0 aliphatic heterocycles. The van der Waals surface area contributed by atoms with Crippen LogP contribution in [0.25, 0.3) is 10.9 Å². The molecule has 144 valence electrons. The van der Waals surface area contributed by atoms with Gasteiger partial charge in [0.1, 0.15) is 11.2 Å². The first-order valence-electron chi connectivity index (χ1n) is 8.98. The van der Waals surface area contributed by atoms with E-state index >= 15 is 0 Å². The molecular formula is C22H23N3O3. The smallest absolute Gasteiger partial charge is 0.239 e. The lowest BCUT2D eigenvalue weighted by molar-refractivity contribution is -0.138. The fourth-order valence-corrected chi connectivity index (χ4v) is 2.73. The number of carbonyl (C=O) groups is 2. The van der Waals surface area contributed by atoms with E-state index in [-0.39, 0.29) is 5.91 Å². The maximum Gasteiger partial charge on any atom is 0.239 e. The normalized spacial score (nSPS) is 11.1. The minimum Gasteiger partial charge on any atom is -0.497 e. The van der Waals surface area contributed by atoms with Crippen molar-refractivity contribution >= 4 is 28.4 Å². The molecular weight excluding hydrogens is 354 g/mol. The number of anilines is 1. The first-order valence-corrected chi connectivity index (χ1v) is 8.98. The second-order valence-electron chi connectivity index (χ2n) is 6.99. The van der Waals surface area contributed by atoms with Gasteiger partial charge in [0.25, 0.3) is 0 Å². The number of fused-ring (bicyclic) bond motifs is 1. The summed E-state index contributed by atoms with van der Waals surface area (Å²) in [5, 5.41) is 6.58. The third-order valence-corrected chi connectivity index (χ3v) is 4.63. The van der Waals surface area contributed by atoms with Crippen LogP contribution in [-0.4, -0.2) is 23.9 Å². The van der Waals surface area contributed by atoms with Crippen LogP contribution in [0.4, 0.5) is 5.69 Å². The van der Waals surface area contributed by atoms with Gasteiger partial charge in [0.15, 0.2) is 0 Å². The number of rotatable bonds is 6. The number of amides is 2. The molecule has 0 bridgehead atoms. The van der Waals surface area contributed by atoms with Crippen LogP contribution in [0.5, 0.6) is 5.75 Å². The quantitative estimate of drug-likeness (QED) is 0.644. The van der Waals surface area contributed by atoms with E-state index in [1.165, 1.54) is 0 Å². The molecule has 0 atom stereocenters. The van der Waals surface area contributed by atoms with Gasteiger partial charge in [0.2, 0.25) is 11.8 Å². The van der Waals surface area contributed by atoms with E-state index in [2.05, 4.69) is 15.6 Å². The highest BCUT2D eigenvalue weighted by molar-refractivity contribution is 6.12. The molecule has 6 nitrogen and oxygen atoms in total. The van der Waals surface area contributed by atoms with E-state index in [0.717, 1.165) is 16.7 Å². The molecule has 0 aliphatic carbocycles. The number of nitrogens with zero attached hydrogens (tertiary/aromatic N) is 1. The van der Waals surface area contributed by atoms with Crippen LogP contribution >= 0.6 is 0 Å².